The van der Waals surface area contributed by atoms with Gasteiger partial charge in [0.2, 0.25) is 0 Å². The zero-order chi connectivity index (χ0) is 15.7. The van der Waals surface area contributed by atoms with Gasteiger partial charge in [0.15, 0.2) is 0 Å². The summed E-state index contributed by atoms with van der Waals surface area (Å²) < 4.78 is 13.6. The van der Waals surface area contributed by atoms with Crippen molar-refractivity contribution in [1.29, 1.82) is 0 Å². The molecule has 0 saturated heterocycles. The fraction of sp³-hybridized carbons (Fsp3) is 0.375. The molecule has 5 heteroatoms. The lowest BCUT2D eigenvalue weighted by molar-refractivity contribution is 0.492. The second kappa shape index (κ2) is 6.66. The number of hydrogen-bond donors (Lipinski definition) is 1. The van der Waals surface area contributed by atoms with Gasteiger partial charge in [-0.25, -0.2) is 4.39 Å². The Labute approximate surface area is 139 Å². The first kappa shape index (κ1) is 16.8. The fourth-order valence-electron chi connectivity index (χ4n) is 2.57. The van der Waals surface area contributed by atoms with E-state index in [1.807, 2.05) is 6.92 Å². The third-order valence-corrected chi connectivity index (χ3v) is 5.25. The summed E-state index contributed by atoms with van der Waals surface area (Å²) >= 11 is 14.0. The third kappa shape index (κ3) is 3.59. The van der Waals surface area contributed by atoms with Crippen LogP contribution in [0.5, 0.6) is 0 Å². The molecule has 0 radical (unpaired) electrons. The number of aryl methyl sites for hydroxylation is 2. The monoisotopic (exact) mass is 345 g/mol. The molecule has 0 bridgehead atoms. The van der Waals surface area contributed by atoms with Gasteiger partial charge in [0.25, 0.3) is 0 Å². The highest BCUT2D eigenvalue weighted by molar-refractivity contribution is 7.12. The molecule has 0 aliphatic carbocycles. The van der Waals surface area contributed by atoms with Gasteiger partial charge in [0.1, 0.15) is 5.82 Å². The maximum atomic E-state index is 13.6. The van der Waals surface area contributed by atoms with E-state index in [-0.39, 0.29) is 17.1 Å². The summed E-state index contributed by atoms with van der Waals surface area (Å²) in [6.07, 6.45) is 0. The van der Waals surface area contributed by atoms with Crippen molar-refractivity contribution in [2.24, 2.45) is 0 Å². The van der Waals surface area contributed by atoms with Crippen LogP contribution in [0, 0.1) is 19.7 Å². The number of rotatable bonds is 4. The van der Waals surface area contributed by atoms with E-state index >= 15 is 0 Å². The lowest BCUT2D eigenvalue weighted by Crippen LogP contribution is -2.23. The molecular weight excluding hydrogens is 328 g/mol. The zero-order valence-electron chi connectivity index (χ0n) is 12.4. The minimum atomic E-state index is -0.445. The molecule has 21 heavy (non-hydrogen) atoms. The first-order chi connectivity index (χ1) is 9.81. The Morgan fingerprint density at radius 2 is 1.81 bits per heavy atom. The van der Waals surface area contributed by atoms with Gasteiger partial charge in [0, 0.05) is 32.4 Å². The van der Waals surface area contributed by atoms with E-state index < -0.39 is 5.82 Å². The van der Waals surface area contributed by atoms with Crippen molar-refractivity contribution in [2.75, 3.05) is 0 Å². The molecule has 0 amide bonds. The summed E-state index contributed by atoms with van der Waals surface area (Å²) in [7, 11) is 0. The second-order valence-corrected chi connectivity index (χ2v) is 7.48. The second-order valence-electron chi connectivity index (χ2n) is 5.24. The van der Waals surface area contributed by atoms with Gasteiger partial charge in [-0.3, -0.25) is 0 Å². The van der Waals surface area contributed by atoms with E-state index in [4.69, 9.17) is 23.2 Å². The summed E-state index contributed by atoms with van der Waals surface area (Å²) in [5.41, 5.74) is 1.86. The Morgan fingerprint density at radius 3 is 2.38 bits per heavy atom. The predicted molar refractivity (Wildman–Crippen MR) is 90.2 cm³/mol. The molecule has 0 aliphatic rings. The highest BCUT2D eigenvalue weighted by Crippen LogP contribution is 2.34. The summed E-state index contributed by atoms with van der Waals surface area (Å²) in [6, 6.07) is 5.01. The van der Waals surface area contributed by atoms with Crippen LogP contribution in [0.1, 0.15) is 46.8 Å². The molecule has 1 N–H and O–H groups in total. The van der Waals surface area contributed by atoms with Gasteiger partial charge in [-0.15, -0.1) is 11.3 Å². The van der Waals surface area contributed by atoms with Gasteiger partial charge < -0.3 is 5.32 Å². The predicted octanol–water partition coefficient (Wildman–Crippen LogP) is 6.22. The number of nitrogens with one attached hydrogen (secondary N) is 1. The lowest BCUT2D eigenvalue weighted by Gasteiger charge is -2.22. The van der Waals surface area contributed by atoms with Crippen LogP contribution in [0.25, 0.3) is 0 Å². The summed E-state index contributed by atoms with van der Waals surface area (Å²) in [5.74, 6) is -0.445. The fourth-order valence-corrected chi connectivity index (χ4v) is 4.29. The molecule has 1 aromatic carbocycles. The molecule has 1 nitrogen and oxygen atoms in total. The molecule has 2 rings (SSSR count). The molecule has 2 aromatic rings. The molecule has 1 heterocycles. The average molecular weight is 346 g/mol. The van der Waals surface area contributed by atoms with Crippen LogP contribution in [0.3, 0.4) is 0 Å². The lowest BCUT2D eigenvalue weighted by atomic mass is 10.0. The number of thiophene rings is 1. The van der Waals surface area contributed by atoms with Gasteiger partial charge >= 0.3 is 0 Å². The van der Waals surface area contributed by atoms with Crippen LogP contribution in [-0.2, 0) is 0 Å². The van der Waals surface area contributed by atoms with Gasteiger partial charge in [-0.2, -0.15) is 0 Å². The molecule has 114 valence electrons. The molecule has 1 aromatic heterocycles. The first-order valence-electron chi connectivity index (χ1n) is 6.77. The van der Waals surface area contributed by atoms with E-state index in [2.05, 4.69) is 32.2 Å². The van der Waals surface area contributed by atoms with Gasteiger partial charge in [0.05, 0.1) is 5.02 Å². The van der Waals surface area contributed by atoms with Crippen LogP contribution >= 0.6 is 34.5 Å². The van der Waals surface area contributed by atoms with E-state index in [0.717, 1.165) is 0 Å². The standard InChI is InChI=1S/C16H18Cl2FNS/c1-8-7-12(11(4)21-8)9(2)20-10(3)15-13(17)5-6-14(19)16(15)18/h5-7,9-10,20H,1-4H3. The SMILES string of the molecule is Cc1cc(C(C)NC(C)c2c(Cl)ccc(F)c2Cl)c(C)s1. The van der Waals surface area contributed by atoms with E-state index in [0.29, 0.717) is 10.6 Å². The van der Waals surface area contributed by atoms with Crippen LogP contribution < -0.4 is 5.32 Å². The highest BCUT2D eigenvalue weighted by atomic mass is 35.5. The topological polar surface area (TPSA) is 12.0 Å². The smallest absolute Gasteiger partial charge is 0.142 e. The normalized spacial score (nSPS) is 14.2. The van der Waals surface area contributed by atoms with Crippen LogP contribution in [0.4, 0.5) is 4.39 Å². The Kier molecular flexibility index (Phi) is 5.31. The van der Waals surface area contributed by atoms with E-state index in [1.165, 1.54) is 21.4 Å². The first-order valence-corrected chi connectivity index (χ1v) is 8.35. The van der Waals surface area contributed by atoms with Gasteiger partial charge in [-0.05, 0) is 51.5 Å². The zero-order valence-corrected chi connectivity index (χ0v) is 14.8. The maximum Gasteiger partial charge on any atom is 0.142 e. The average Bonchev–Trinajstić information content (AvgIpc) is 2.73. The number of hydrogen-bond acceptors (Lipinski definition) is 2. The summed E-state index contributed by atoms with van der Waals surface area (Å²) in [5, 5.41) is 4.02. The molecule has 0 aliphatic heterocycles. The summed E-state index contributed by atoms with van der Waals surface area (Å²) in [4.78, 5) is 2.57. The van der Waals surface area contributed by atoms with Crippen LogP contribution in [0.2, 0.25) is 10.0 Å². The van der Waals surface area contributed by atoms with E-state index in [9.17, 15) is 4.39 Å². The number of halogens is 3. The Morgan fingerprint density at radius 1 is 1.14 bits per heavy atom. The Balaban J connectivity index is 2.24. The Hall–Kier alpha value is -0.610. The Bertz CT molecular complexity index is 654. The van der Waals surface area contributed by atoms with Crippen molar-refractivity contribution in [3.05, 3.63) is 54.9 Å². The molecular formula is C16H18Cl2FNS. The third-order valence-electron chi connectivity index (χ3n) is 3.56. The van der Waals surface area contributed by atoms with Crippen LogP contribution in [0.15, 0.2) is 18.2 Å². The molecule has 2 unspecified atom stereocenters. The quantitative estimate of drug-likeness (QED) is 0.648. The summed E-state index contributed by atoms with van der Waals surface area (Å²) in [6.45, 7) is 8.24. The highest BCUT2D eigenvalue weighted by Gasteiger charge is 2.20. The minimum absolute atomic E-state index is 0.0907. The molecule has 0 fully saturated rings. The van der Waals surface area contributed by atoms with Gasteiger partial charge in [-0.1, -0.05) is 23.2 Å². The van der Waals surface area contributed by atoms with Crippen molar-refractivity contribution in [3.8, 4) is 0 Å². The minimum Gasteiger partial charge on any atom is -0.304 e. The molecule has 2 atom stereocenters. The van der Waals surface area contributed by atoms with Crippen molar-refractivity contribution >= 4 is 34.5 Å². The van der Waals surface area contributed by atoms with Crippen LogP contribution in [-0.4, -0.2) is 0 Å². The molecule has 0 spiro atoms. The van der Waals surface area contributed by atoms with Crippen molar-refractivity contribution in [3.63, 3.8) is 0 Å². The van der Waals surface area contributed by atoms with Crippen molar-refractivity contribution in [1.82, 2.24) is 5.32 Å². The van der Waals surface area contributed by atoms with Crippen molar-refractivity contribution in [2.45, 2.75) is 39.8 Å². The largest absolute Gasteiger partial charge is 0.304 e. The van der Waals surface area contributed by atoms with E-state index in [1.54, 1.807) is 17.4 Å². The molecule has 0 saturated carbocycles. The number of benzene rings is 1. The van der Waals surface area contributed by atoms with Crippen molar-refractivity contribution < 1.29 is 4.39 Å². The maximum absolute atomic E-state index is 13.6.